The van der Waals surface area contributed by atoms with Gasteiger partial charge in [-0.05, 0) is 24.8 Å². The zero-order valence-electron chi connectivity index (χ0n) is 8.93. The van der Waals surface area contributed by atoms with Gasteiger partial charge in [0.25, 0.3) is 0 Å². The van der Waals surface area contributed by atoms with Gasteiger partial charge in [-0.2, -0.15) is 0 Å². The molecule has 1 aliphatic rings. The monoisotopic (exact) mass is 207 g/mol. The fraction of sp³-hybridized carbons (Fsp3) is 0.545. The van der Waals surface area contributed by atoms with E-state index in [-0.39, 0.29) is 6.10 Å². The van der Waals surface area contributed by atoms with E-state index in [1.807, 2.05) is 19.3 Å². The summed E-state index contributed by atoms with van der Waals surface area (Å²) in [6, 6.07) is 1.92. The molecule has 0 atom stereocenters. The van der Waals surface area contributed by atoms with E-state index in [9.17, 15) is 5.11 Å². The molecule has 15 heavy (non-hydrogen) atoms. The number of hydrogen-bond donors (Lipinski definition) is 2. The SMILES string of the molecule is CN(CC1CC(O)C1)c1cncc(N)c1. The average molecular weight is 207 g/mol. The summed E-state index contributed by atoms with van der Waals surface area (Å²) in [5, 5.41) is 9.20. The van der Waals surface area contributed by atoms with Crippen molar-refractivity contribution in [3.05, 3.63) is 18.5 Å². The highest BCUT2D eigenvalue weighted by atomic mass is 16.3. The summed E-state index contributed by atoms with van der Waals surface area (Å²) in [4.78, 5) is 6.19. The lowest BCUT2D eigenvalue weighted by Gasteiger charge is -2.35. The maximum atomic E-state index is 9.20. The molecule has 0 bridgehead atoms. The van der Waals surface area contributed by atoms with Gasteiger partial charge < -0.3 is 15.7 Å². The van der Waals surface area contributed by atoms with E-state index in [1.54, 1.807) is 6.20 Å². The summed E-state index contributed by atoms with van der Waals surface area (Å²) >= 11 is 0. The van der Waals surface area contributed by atoms with E-state index in [0.717, 1.165) is 25.1 Å². The minimum atomic E-state index is -0.0811. The molecule has 1 aromatic rings. The van der Waals surface area contributed by atoms with E-state index in [4.69, 9.17) is 5.73 Å². The Labute approximate surface area is 89.7 Å². The lowest BCUT2D eigenvalue weighted by Crippen LogP contribution is -2.37. The van der Waals surface area contributed by atoms with Gasteiger partial charge >= 0.3 is 0 Å². The number of aromatic nitrogens is 1. The van der Waals surface area contributed by atoms with E-state index in [1.165, 1.54) is 0 Å². The Morgan fingerprint density at radius 1 is 1.53 bits per heavy atom. The molecule has 3 N–H and O–H groups in total. The Balaban J connectivity index is 1.93. The Kier molecular flexibility index (Phi) is 2.77. The Morgan fingerprint density at radius 3 is 2.87 bits per heavy atom. The molecule has 0 spiro atoms. The first-order valence-electron chi connectivity index (χ1n) is 5.25. The Bertz CT molecular complexity index is 336. The molecular formula is C11H17N3O. The third-order valence-corrected chi connectivity index (χ3v) is 2.93. The number of aliphatic hydroxyl groups excluding tert-OH is 1. The number of anilines is 2. The zero-order valence-corrected chi connectivity index (χ0v) is 8.93. The highest BCUT2D eigenvalue weighted by molar-refractivity contribution is 5.52. The van der Waals surface area contributed by atoms with Crippen molar-refractivity contribution in [3.8, 4) is 0 Å². The van der Waals surface area contributed by atoms with Crippen LogP contribution in [0, 0.1) is 5.92 Å². The molecule has 2 rings (SSSR count). The smallest absolute Gasteiger partial charge is 0.0570 e. The molecule has 0 aliphatic heterocycles. The topological polar surface area (TPSA) is 62.4 Å². The van der Waals surface area contributed by atoms with Crippen LogP contribution in [0.3, 0.4) is 0 Å². The molecule has 1 saturated carbocycles. The minimum Gasteiger partial charge on any atom is -0.397 e. The average Bonchev–Trinajstić information content (AvgIpc) is 2.15. The number of pyridine rings is 1. The molecule has 1 heterocycles. The molecule has 4 nitrogen and oxygen atoms in total. The van der Waals surface area contributed by atoms with Crippen molar-refractivity contribution in [1.82, 2.24) is 4.98 Å². The first-order valence-corrected chi connectivity index (χ1v) is 5.25. The van der Waals surface area contributed by atoms with Gasteiger partial charge in [-0.1, -0.05) is 0 Å². The highest BCUT2D eigenvalue weighted by Gasteiger charge is 2.27. The summed E-state index contributed by atoms with van der Waals surface area (Å²) in [7, 11) is 2.03. The molecule has 1 fully saturated rings. The van der Waals surface area contributed by atoms with Crippen LogP contribution < -0.4 is 10.6 Å². The van der Waals surface area contributed by atoms with Crippen molar-refractivity contribution < 1.29 is 5.11 Å². The minimum absolute atomic E-state index is 0.0811. The molecule has 0 saturated heterocycles. The van der Waals surface area contributed by atoms with Crippen molar-refractivity contribution in [2.75, 3.05) is 24.2 Å². The second-order valence-corrected chi connectivity index (χ2v) is 4.35. The molecule has 0 radical (unpaired) electrons. The summed E-state index contributed by atoms with van der Waals surface area (Å²) < 4.78 is 0. The van der Waals surface area contributed by atoms with Crippen LogP contribution in [0.4, 0.5) is 11.4 Å². The van der Waals surface area contributed by atoms with E-state index in [0.29, 0.717) is 11.6 Å². The first kappa shape index (κ1) is 10.2. The van der Waals surface area contributed by atoms with Crippen molar-refractivity contribution in [1.29, 1.82) is 0 Å². The molecule has 82 valence electrons. The summed E-state index contributed by atoms with van der Waals surface area (Å²) in [6.45, 7) is 0.961. The predicted molar refractivity (Wildman–Crippen MR) is 60.7 cm³/mol. The van der Waals surface area contributed by atoms with Gasteiger partial charge in [-0.3, -0.25) is 4.98 Å². The zero-order chi connectivity index (χ0) is 10.8. The quantitative estimate of drug-likeness (QED) is 0.772. The van der Waals surface area contributed by atoms with Gasteiger partial charge in [-0.15, -0.1) is 0 Å². The fourth-order valence-corrected chi connectivity index (χ4v) is 2.00. The first-order chi connectivity index (χ1) is 7.15. The van der Waals surface area contributed by atoms with Gasteiger partial charge in [0.15, 0.2) is 0 Å². The second kappa shape index (κ2) is 4.06. The molecular weight excluding hydrogens is 190 g/mol. The summed E-state index contributed by atoms with van der Waals surface area (Å²) in [6.07, 6.45) is 5.21. The van der Waals surface area contributed by atoms with E-state index >= 15 is 0 Å². The van der Waals surface area contributed by atoms with Crippen molar-refractivity contribution in [3.63, 3.8) is 0 Å². The molecule has 1 aromatic heterocycles. The number of nitrogens with zero attached hydrogens (tertiary/aromatic N) is 2. The molecule has 0 aromatic carbocycles. The lowest BCUT2D eigenvalue weighted by atomic mass is 9.82. The van der Waals surface area contributed by atoms with Crippen molar-refractivity contribution in [2.45, 2.75) is 18.9 Å². The predicted octanol–water partition coefficient (Wildman–Crippen LogP) is 0.871. The molecule has 0 unspecified atom stereocenters. The van der Waals surface area contributed by atoms with Crippen LogP contribution in [0.15, 0.2) is 18.5 Å². The van der Waals surface area contributed by atoms with Gasteiger partial charge in [0.05, 0.1) is 23.7 Å². The van der Waals surface area contributed by atoms with Crippen LogP contribution in [0.5, 0.6) is 0 Å². The molecule has 4 heteroatoms. The van der Waals surface area contributed by atoms with Crippen LogP contribution in [0.1, 0.15) is 12.8 Å². The van der Waals surface area contributed by atoms with Gasteiger partial charge in [-0.25, -0.2) is 0 Å². The maximum Gasteiger partial charge on any atom is 0.0570 e. The Morgan fingerprint density at radius 2 is 2.27 bits per heavy atom. The number of nitrogens with two attached hydrogens (primary N) is 1. The Hall–Kier alpha value is -1.29. The number of hydrogen-bond acceptors (Lipinski definition) is 4. The van der Waals surface area contributed by atoms with E-state index < -0.39 is 0 Å². The van der Waals surface area contributed by atoms with Crippen molar-refractivity contribution in [2.24, 2.45) is 5.92 Å². The standard InChI is InChI=1S/C11H17N3O/c1-14(7-8-2-11(15)3-8)10-4-9(12)5-13-6-10/h4-6,8,11,15H,2-3,7,12H2,1H3. The third-order valence-electron chi connectivity index (χ3n) is 2.93. The molecule has 1 aliphatic carbocycles. The maximum absolute atomic E-state index is 9.20. The van der Waals surface area contributed by atoms with Gasteiger partial charge in [0, 0.05) is 19.8 Å². The van der Waals surface area contributed by atoms with Crippen LogP contribution in [-0.4, -0.2) is 29.8 Å². The van der Waals surface area contributed by atoms with Crippen LogP contribution in [-0.2, 0) is 0 Å². The second-order valence-electron chi connectivity index (χ2n) is 4.35. The fourth-order valence-electron chi connectivity index (χ4n) is 2.00. The summed E-state index contributed by atoms with van der Waals surface area (Å²) in [5.74, 6) is 0.603. The van der Waals surface area contributed by atoms with Gasteiger partial charge in [0.2, 0.25) is 0 Å². The normalized spacial score (nSPS) is 24.7. The van der Waals surface area contributed by atoms with Crippen LogP contribution >= 0.6 is 0 Å². The van der Waals surface area contributed by atoms with Crippen LogP contribution in [0.25, 0.3) is 0 Å². The third kappa shape index (κ3) is 2.39. The number of nitrogen functional groups attached to an aromatic ring is 1. The largest absolute Gasteiger partial charge is 0.397 e. The number of aliphatic hydroxyl groups is 1. The highest BCUT2D eigenvalue weighted by Crippen LogP contribution is 2.29. The van der Waals surface area contributed by atoms with Gasteiger partial charge in [0.1, 0.15) is 0 Å². The molecule has 0 amide bonds. The van der Waals surface area contributed by atoms with Crippen LogP contribution in [0.2, 0.25) is 0 Å². The van der Waals surface area contributed by atoms with E-state index in [2.05, 4.69) is 9.88 Å². The number of rotatable bonds is 3. The summed E-state index contributed by atoms with van der Waals surface area (Å²) in [5.41, 5.74) is 7.39. The van der Waals surface area contributed by atoms with Crippen molar-refractivity contribution >= 4 is 11.4 Å². The lowest BCUT2D eigenvalue weighted by molar-refractivity contribution is 0.0465.